The fourth-order valence-corrected chi connectivity index (χ4v) is 6.25. The number of para-hydroxylation sites is 2. The average Bonchev–Trinajstić information content (AvgIpc) is 3.47. The van der Waals surface area contributed by atoms with E-state index < -0.39 is 0 Å². The number of likely N-dealkylation sites (tertiary alicyclic amines) is 1. The zero-order chi connectivity index (χ0) is 27.4. The number of nitrogens with zero attached hydrogens (tertiary/aromatic N) is 6. The molecular weight excluding hydrogens is 510 g/mol. The Labute approximate surface area is 242 Å². The average molecular weight is 548 g/mol. The number of aromatic nitrogens is 3. The largest absolute Gasteiger partial charge is 0.379 e. The lowest BCUT2D eigenvalue weighted by atomic mass is 10.0. The summed E-state index contributed by atoms with van der Waals surface area (Å²) >= 11 is 0. The highest BCUT2D eigenvalue weighted by molar-refractivity contribution is 5.77. The first kappa shape index (κ1) is 26.1. The second-order valence-electron chi connectivity index (χ2n) is 11.2. The number of hydrogen-bond acceptors (Lipinski definition) is 8. The maximum Gasteiger partial charge on any atom is 0.165 e. The van der Waals surface area contributed by atoms with Gasteiger partial charge in [0.25, 0.3) is 0 Å². The van der Waals surface area contributed by atoms with Crippen LogP contribution in [0.15, 0.2) is 78.9 Å². The van der Waals surface area contributed by atoms with Crippen LogP contribution in [0.5, 0.6) is 0 Å². The fourth-order valence-electron chi connectivity index (χ4n) is 6.25. The van der Waals surface area contributed by atoms with Crippen molar-refractivity contribution in [2.24, 2.45) is 0 Å². The van der Waals surface area contributed by atoms with Crippen LogP contribution >= 0.6 is 0 Å². The molecule has 0 saturated carbocycles. The van der Waals surface area contributed by atoms with E-state index in [0.29, 0.717) is 12.6 Å². The third kappa shape index (κ3) is 5.81. The van der Waals surface area contributed by atoms with Crippen molar-refractivity contribution in [2.45, 2.75) is 32.0 Å². The minimum absolute atomic E-state index is 0.595. The molecule has 2 fully saturated rings. The second kappa shape index (κ2) is 11.9. The number of rotatable bonds is 7. The van der Waals surface area contributed by atoms with Gasteiger partial charge in [-0.15, -0.1) is 10.2 Å². The Morgan fingerprint density at radius 1 is 0.707 bits per heavy atom. The van der Waals surface area contributed by atoms with Crippen LogP contribution in [0.3, 0.4) is 0 Å². The van der Waals surface area contributed by atoms with Crippen molar-refractivity contribution in [3.8, 4) is 22.5 Å². The van der Waals surface area contributed by atoms with Gasteiger partial charge in [-0.1, -0.05) is 66.7 Å². The first-order valence-corrected chi connectivity index (χ1v) is 14.8. The molecule has 4 aromatic rings. The van der Waals surface area contributed by atoms with Crippen LogP contribution in [0.25, 0.3) is 22.5 Å². The predicted octanol–water partition coefficient (Wildman–Crippen LogP) is 4.89. The van der Waals surface area contributed by atoms with Crippen LogP contribution in [-0.2, 0) is 17.8 Å². The molecule has 0 unspecified atom stereocenters. The molecule has 0 atom stereocenters. The zero-order valence-electron chi connectivity index (χ0n) is 23.5. The van der Waals surface area contributed by atoms with Gasteiger partial charge < -0.3 is 15.0 Å². The monoisotopic (exact) mass is 547 g/mol. The third-order valence-corrected chi connectivity index (χ3v) is 8.53. The van der Waals surface area contributed by atoms with Crippen LogP contribution in [0, 0.1) is 0 Å². The SMILES string of the molecule is c1ccc(-c2nnc(CN3CCOCC3)nc2-c2ccc(CN3CCC(N4CNc5ccccc54)CC3)cc2)cc1. The van der Waals surface area contributed by atoms with Gasteiger partial charge in [-0.2, -0.15) is 0 Å². The summed E-state index contributed by atoms with van der Waals surface area (Å²) in [6.45, 7) is 8.11. The number of piperidine rings is 1. The molecule has 3 aromatic carbocycles. The van der Waals surface area contributed by atoms with Gasteiger partial charge in [-0.3, -0.25) is 9.80 Å². The summed E-state index contributed by atoms with van der Waals surface area (Å²) in [6.07, 6.45) is 2.38. The van der Waals surface area contributed by atoms with Gasteiger partial charge in [0.15, 0.2) is 5.82 Å². The number of anilines is 2. The van der Waals surface area contributed by atoms with E-state index >= 15 is 0 Å². The first-order chi connectivity index (χ1) is 20.3. The van der Waals surface area contributed by atoms with E-state index in [1.807, 2.05) is 18.2 Å². The number of hydrogen-bond donors (Lipinski definition) is 1. The van der Waals surface area contributed by atoms with Crippen molar-refractivity contribution in [1.82, 2.24) is 25.0 Å². The molecular formula is C33H37N7O. The molecule has 8 heteroatoms. The highest BCUT2D eigenvalue weighted by Crippen LogP contribution is 2.35. The van der Waals surface area contributed by atoms with Gasteiger partial charge in [0.05, 0.1) is 37.8 Å². The zero-order valence-corrected chi connectivity index (χ0v) is 23.5. The van der Waals surface area contributed by atoms with Gasteiger partial charge in [0.2, 0.25) is 0 Å². The molecule has 0 amide bonds. The van der Waals surface area contributed by atoms with Crippen molar-refractivity contribution >= 4 is 11.4 Å². The van der Waals surface area contributed by atoms with Crippen LogP contribution < -0.4 is 10.2 Å². The Hall–Kier alpha value is -3.85. The fraction of sp³-hybridized carbons (Fsp3) is 0.364. The van der Waals surface area contributed by atoms with Crippen molar-refractivity contribution in [3.05, 3.63) is 90.3 Å². The van der Waals surface area contributed by atoms with E-state index in [-0.39, 0.29) is 0 Å². The van der Waals surface area contributed by atoms with Gasteiger partial charge in [0, 0.05) is 49.9 Å². The molecule has 7 rings (SSSR count). The Bertz CT molecular complexity index is 1450. The lowest BCUT2D eigenvalue weighted by molar-refractivity contribution is 0.0329. The van der Waals surface area contributed by atoms with E-state index in [4.69, 9.17) is 9.72 Å². The Morgan fingerprint density at radius 2 is 1.41 bits per heavy atom. The van der Waals surface area contributed by atoms with Gasteiger partial charge in [-0.05, 0) is 30.5 Å². The van der Waals surface area contributed by atoms with Gasteiger partial charge in [-0.25, -0.2) is 4.98 Å². The standard InChI is InChI=1S/C33H37N7O/c1-2-6-26(7-3-1)33-32(35-31(36-37-33)23-39-18-20-41-21-19-39)27-12-10-25(11-13-27)22-38-16-14-28(15-17-38)40-24-34-29-8-4-5-9-30(29)40/h1-13,28,34H,14-24H2. The molecule has 1 N–H and O–H groups in total. The lowest BCUT2D eigenvalue weighted by Gasteiger charge is -2.37. The molecule has 4 heterocycles. The molecule has 3 aliphatic heterocycles. The molecule has 8 nitrogen and oxygen atoms in total. The number of fused-ring (bicyclic) bond motifs is 1. The van der Waals surface area contributed by atoms with Crippen LogP contribution in [0.4, 0.5) is 11.4 Å². The quantitative estimate of drug-likeness (QED) is 0.351. The molecule has 3 aliphatic rings. The van der Waals surface area contributed by atoms with Gasteiger partial charge >= 0.3 is 0 Å². The summed E-state index contributed by atoms with van der Waals surface area (Å²) < 4.78 is 5.51. The Morgan fingerprint density at radius 3 is 2.22 bits per heavy atom. The molecule has 2 saturated heterocycles. The molecule has 41 heavy (non-hydrogen) atoms. The van der Waals surface area contributed by atoms with E-state index in [2.05, 4.69) is 90.9 Å². The minimum atomic E-state index is 0.595. The van der Waals surface area contributed by atoms with Crippen LogP contribution in [0.1, 0.15) is 24.2 Å². The maximum atomic E-state index is 5.51. The van der Waals surface area contributed by atoms with Crippen LogP contribution in [-0.4, -0.2) is 77.1 Å². The van der Waals surface area contributed by atoms with Crippen molar-refractivity contribution < 1.29 is 4.74 Å². The van der Waals surface area contributed by atoms with E-state index in [0.717, 1.165) is 80.9 Å². The summed E-state index contributed by atoms with van der Waals surface area (Å²) in [5.74, 6) is 0.754. The topological polar surface area (TPSA) is 69.7 Å². The number of ether oxygens (including phenoxy) is 1. The molecule has 0 spiro atoms. The van der Waals surface area contributed by atoms with E-state index in [1.165, 1.54) is 29.8 Å². The highest BCUT2D eigenvalue weighted by Gasteiger charge is 2.29. The number of benzene rings is 3. The molecule has 0 aliphatic carbocycles. The summed E-state index contributed by atoms with van der Waals surface area (Å²) in [5.41, 5.74) is 7.76. The Kier molecular flexibility index (Phi) is 7.60. The minimum Gasteiger partial charge on any atom is -0.379 e. The third-order valence-electron chi connectivity index (χ3n) is 8.53. The molecule has 1 aromatic heterocycles. The molecule has 210 valence electrons. The maximum absolute atomic E-state index is 5.51. The number of morpholine rings is 1. The smallest absolute Gasteiger partial charge is 0.165 e. The second-order valence-corrected chi connectivity index (χ2v) is 11.2. The summed E-state index contributed by atoms with van der Waals surface area (Å²) in [7, 11) is 0. The van der Waals surface area contributed by atoms with E-state index in [1.54, 1.807) is 0 Å². The predicted molar refractivity (Wildman–Crippen MR) is 163 cm³/mol. The molecule has 0 bridgehead atoms. The van der Waals surface area contributed by atoms with E-state index in [9.17, 15) is 0 Å². The van der Waals surface area contributed by atoms with Crippen molar-refractivity contribution in [1.29, 1.82) is 0 Å². The summed E-state index contributed by atoms with van der Waals surface area (Å²) in [5, 5.41) is 12.7. The molecule has 0 radical (unpaired) electrons. The first-order valence-electron chi connectivity index (χ1n) is 14.8. The van der Waals surface area contributed by atoms with Gasteiger partial charge in [0.1, 0.15) is 11.4 Å². The highest BCUT2D eigenvalue weighted by atomic mass is 16.5. The van der Waals surface area contributed by atoms with Crippen molar-refractivity contribution in [2.75, 3.05) is 56.3 Å². The summed E-state index contributed by atoms with van der Waals surface area (Å²) in [4.78, 5) is 12.5. The normalized spacial score (nSPS) is 18.3. The van der Waals surface area contributed by atoms with Crippen LogP contribution in [0.2, 0.25) is 0 Å². The Balaban J connectivity index is 1.04. The number of nitrogens with one attached hydrogen (secondary N) is 1. The summed E-state index contributed by atoms with van der Waals surface area (Å²) in [6, 6.07) is 28.4. The van der Waals surface area contributed by atoms with Crippen molar-refractivity contribution in [3.63, 3.8) is 0 Å². The lowest BCUT2D eigenvalue weighted by Crippen LogP contribution is -2.44.